The van der Waals surface area contributed by atoms with Gasteiger partial charge in [-0.15, -0.1) is 0 Å². The summed E-state index contributed by atoms with van der Waals surface area (Å²) in [5.41, 5.74) is 2.60. The molecule has 1 aromatic carbocycles. The molecular weight excluding hydrogens is 222 g/mol. The maximum Gasteiger partial charge on any atom is 0.224 e. The van der Waals surface area contributed by atoms with Crippen molar-refractivity contribution in [3.8, 4) is 0 Å². The van der Waals surface area contributed by atoms with Crippen molar-refractivity contribution in [1.29, 1.82) is 0 Å². The van der Waals surface area contributed by atoms with Crippen molar-refractivity contribution in [2.24, 2.45) is 5.92 Å². The normalized spacial score (nSPS) is 19.9. The Balaban J connectivity index is 1.54. The first kappa shape index (κ1) is 11.5. The molecule has 2 aliphatic rings. The molecule has 1 fully saturated rings. The first-order valence-corrected chi connectivity index (χ1v) is 6.95. The van der Waals surface area contributed by atoms with E-state index in [1.54, 1.807) is 0 Å². The number of benzene rings is 1. The van der Waals surface area contributed by atoms with Crippen LogP contribution >= 0.6 is 0 Å². The van der Waals surface area contributed by atoms with Gasteiger partial charge in [-0.05, 0) is 35.6 Å². The predicted octanol–water partition coefficient (Wildman–Crippen LogP) is 3.66. The zero-order chi connectivity index (χ0) is 12.2. The van der Waals surface area contributed by atoms with E-state index in [0.29, 0.717) is 0 Å². The molecule has 94 valence electrons. The molecule has 0 radical (unpaired) electrons. The standard InChI is InChI=1S/C16H20NO/c1-2-6-14(7-3-1)10-11-18-17-12-15-8-4-5-9-16(15)13-17/h4-5,8-12,14H,1-3,6-7,13H2/q+1. The number of allylic oxidation sites excluding steroid dienone is 1. The molecule has 0 N–H and O–H groups in total. The molecule has 0 spiro atoms. The fourth-order valence-corrected chi connectivity index (χ4v) is 2.79. The molecule has 0 bridgehead atoms. The molecule has 18 heavy (non-hydrogen) atoms. The van der Waals surface area contributed by atoms with Crippen molar-refractivity contribution in [1.82, 2.24) is 0 Å². The minimum absolute atomic E-state index is 0.726. The van der Waals surface area contributed by atoms with Gasteiger partial charge in [-0.2, -0.15) is 0 Å². The van der Waals surface area contributed by atoms with E-state index in [2.05, 4.69) is 36.6 Å². The third-order valence-electron chi connectivity index (χ3n) is 3.86. The maximum atomic E-state index is 5.69. The summed E-state index contributed by atoms with van der Waals surface area (Å²) in [4.78, 5) is 5.69. The Hall–Kier alpha value is -1.57. The van der Waals surface area contributed by atoms with Crippen LogP contribution in [0.4, 0.5) is 0 Å². The number of hydrogen-bond donors (Lipinski definition) is 0. The second kappa shape index (κ2) is 5.38. The summed E-state index contributed by atoms with van der Waals surface area (Å²) in [5.74, 6) is 0.726. The van der Waals surface area contributed by atoms with E-state index in [9.17, 15) is 0 Å². The van der Waals surface area contributed by atoms with Crippen LogP contribution < -0.4 is 0 Å². The van der Waals surface area contributed by atoms with Crippen LogP contribution in [0.2, 0.25) is 0 Å². The Labute approximate surface area is 109 Å². The predicted molar refractivity (Wildman–Crippen MR) is 72.4 cm³/mol. The monoisotopic (exact) mass is 242 g/mol. The molecule has 1 aliphatic heterocycles. The van der Waals surface area contributed by atoms with Gasteiger partial charge in [-0.1, -0.05) is 37.5 Å². The molecule has 0 unspecified atom stereocenters. The average molecular weight is 242 g/mol. The molecule has 3 rings (SSSR count). The van der Waals surface area contributed by atoms with Crippen LogP contribution in [0.15, 0.2) is 36.6 Å². The van der Waals surface area contributed by atoms with Crippen molar-refractivity contribution in [2.45, 2.75) is 38.6 Å². The molecule has 1 heterocycles. The van der Waals surface area contributed by atoms with E-state index >= 15 is 0 Å². The lowest BCUT2D eigenvalue weighted by atomic mass is 9.89. The zero-order valence-electron chi connectivity index (χ0n) is 10.7. The van der Waals surface area contributed by atoms with Crippen LogP contribution in [0.5, 0.6) is 0 Å². The number of nitrogens with zero attached hydrogens (tertiary/aromatic N) is 1. The van der Waals surface area contributed by atoms with Gasteiger partial charge in [0.25, 0.3) is 0 Å². The van der Waals surface area contributed by atoms with Gasteiger partial charge in [0.1, 0.15) is 0 Å². The summed E-state index contributed by atoms with van der Waals surface area (Å²) in [6, 6.07) is 8.42. The van der Waals surface area contributed by atoms with Gasteiger partial charge < -0.3 is 0 Å². The van der Waals surface area contributed by atoms with Crippen molar-refractivity contribution in [3.63, 3.8) is 0 Å². The lowest BCUT2D eigenvalue weighted by molar-refractivity contribution is -0.775. The van der Waals surface area contributed by atoms with Gasteiger partial charge >= 0.3 is 0 Å². The van der Waals surface area contributed by atoms with Crippen molar-refractivity contribution < 1.29 is 9.58 Å². The summed E-state index contributed by atoms with van der Waals surface area (Å²) in [5, 5.41) is 0. The Kier molecular flexibility index (Phi) is 3.44. The van der Waals surface area contributed by atoms with E-state index in [1.807, 2.05) is 11.0 Å². The number of fused-ring (bicyclic) bond motifs is 1. The van der Waals surface area contributed by atoms with E-state index in [0.717, 1.165) is 12.5 Å². The van der Waals surface area contributed by atoms with Crippen molar-refractivity contribution in [2.75, 3.05) is 0 Å². The van der Waals surface area contributed by atoms with Crippen molar-refractivity contribution in [3.05, 3.63) is 47.7 Å². The van der Waals surface area contributed by atoms with E-state index in [-0.39, 0.29) is 0 Å². The van der Waals surface area contributed by atoms with Gasteiger partial charge in [0, 0.05) is 5.56 Å². The minimum Gasteiger partial charge on any atom is -0.245 e. The van der Waals surface area contributed by atoms with Gasteiger partial charge in [-0.25, -0.2) is 4.84 Å². The molecule has 1 aromatic rings. The third-order valence-corrected chi connectivity index (χ3v) is 3.86. The van der Waals surface area contributed by atoms with E-state index in [1.165, 1.54) is 43.2 Å². The quantitative estimate of drug-likeness (QED) is 0.582. The molecule has 0 atom stereocenters. The van der Waals surface area contributed by atoms with Crippen LogP contribution in [-0.4, -0.2) is 11.0 Å². The molecule has 2 nitrogen and oxygen atoms in total. The largest absolute Gasteiger partial charge is 0.245 e. The molecule has 1 aliphatic carbocycles. The van der Waals surface area contributed by atoms with Gasteiger partial charge in [-0.3, -0.25) is 0 Å². The number of rotatable bonds is 3. The number of hydrogen-bond acceptors (Lipinski definition) is 1. The van der Waals surface area contributed by atoms with Gasteiger partial charge in [0.15, 0.2) is 6.26 Å². The maximum absolute atomic E-state index is 5.69. The van der Waals surface area contributed by atoms with Gasteiger partial charge in [0.2, 0.25) is 12.8 Å². The van der Waals surface area contributed by atoms with Crippen LogP contribution in [0.25, 0.3) is 0 Å². The Morgan fingerprint density at radius 1 is 1.11 bits per heavy atom. The SMILES string of the molecule is C(=CC1CCCCC1)O[N+]1=Cc2ccccc2C1. The van der Waals surface area contributed by atoms with E-state index < -0.39 is 0 Å². The van der Waals surface area contributed by atoms with Crippen LogP contribution in [0.1, 0.15) is 43.2 Å². The van der Waals surface area contributed by atoms with E-state index in [4.69, 9.17) is 4.84 Å². The minimum atomic E-state index is 0.726. The molecule has 0 amide bonds. The van der Waals surface area contributed by atoms with Crippen LogP contribution in [0.3, 0.4) is 0 Å². The second-order valence-corrected chi connectivity index (χ2v) is 5.24. The topological polar surface area (TPSA) is 12.2 Å². The molecule has 0 aromatic heterocycles. The summed E-state index contributed by atoms with van der Waals surface area (Å²) in [6.45, 7) is 0.852. The fraction of sp³-hybridized carbons (Fsp3) is 0.438. The molecular formula is C16H20NO+. The molecule has 2 heteroatoms. The second-order valence-electron chi connectivity index (χ2n) is 5.24. The highest BCUT2D eigenvalue weighted by molar-refractivity contribution is 5.79. The van der Waals surface area contributed by atoms with Gasteiger partial charge in [0.05, 0.1) is 5.56 Å². The zero-order valence-corrected chi connectivity index (χ0v) is 10.7. The Bertz CT molecular complexity index is 470. The average Bonchev–Trinajstić information content (AvgIpc) is 2.82. The van der Waals surface area contributed by atoms with Crippen LogP contribution in [0, 0.1) is 5.92 Å². The van der Waals surface area contributed by atoms with Crippen molar-refractivity contribution >= 4 is 6.21 Å². The summed E-state index contributed by atoms with van der Waals surface area (Å²) < 4.78 is 1.91. The fourth-order valence-electron chi connectivity index (χ4n) is 2.79. The summed E-state index contributed by atoms with van der Waals surface area (Å²) in [6.07, 6.45) is 13.0. The lowest BCUT2D eigenvalue weighted by Crippen LogP contribution is -2.06. The molecule has 0 saturated heterocycles. The highest BCUT2D eigenvalue weighted by Gasteiger charge is 2.19. The highest BCUT2D eigenvalue weighted by atomic mass is 16.7. The molecule has 1 saturated carbocycles. The third kappa shape index (κ3) is 2.63. The summed E-state index contributed by atoms with van der Waals surface area (Å²) in [7, 11) is 0. The lowest BCUT2D eigenvalue weighted by Gasteiger charge is -2.16. The highest BCUT2D eigenvalue weighted by Crippen LogP contribution is 2.24. The smallest absolute Gasteiger partial charge is 0.224 e. The summed E-state index contributed by atoms with van der Waals surface area (Å²) >= 11 is 0. The Morgan fingerprint density at radius 2 is 1.94 bits per heavy atom. The first-order valence-electron chi connectivity index (χ1n) is 6.95. The first-order chi connectivity index (χ1) is 8.92. The van der Waals surface area contributed by atoms with Crippen LogP contribution in [-0.2, 0) is 11.4 Å². The number of hydroxylamine groups is 1. The Morgan fingerprint density at radius 3 is 2.78 bits per heavy atom.